The van der Waals surface area contributed by atoms with Crippen molar-refractivity contribution in [3.8, 4) is 11.6 Å². The van der Waals surface area contributed by atoms with Crippen LogP contribution in [0.15, 0.2) is 27.8 Å². The second kappa shape index (κ2) is 5.59. The number of nitrogens with zero attached hydrogens (tertiary/aromatic N) is 4. The van der Waals surface area contributed by atoms with Crippen LogP contribution in [0.2, 0.25) is 0 Å². The van der Waals surface area contributed by atoms with Gasteiger partial charge in [-0.2, -0.15) is 0 Å². The Bertz CT molecular complexity index is 970. The number of rotatable bonds is 4. The number of nitro benzene ring substituents is 3. The molecule has 0 amide bonds. The van der Waals surface area contributed by atoms with E-state index in [-0.39, 0.29) is 4.57 Å². The van der Waals surface area contributed by atoms with E-state index in [0.29, 0.717) is 18.2 Å². The summed E-state index contributed by atoms with van der Waals surface area (Å²) in [7, 11) is 0. The minimum absolute atomic E-state index is 0.0986. The fourth-order valence-corrected chi connectivity index (χ4v) is 1.90. The van der Waals surface area contributed by atoms with Crippen LogP contribution in [-0.2, 0) is 0 Å². The first kappa shape index (κ1) is 16.3. The van der Waals surface area contributed by atoms with Crippen LogP contribution in [0.4, 0.5) is 17.1 Å². The summed E-state index contributed by atoms with van der Waals surface area (Å²) in [5, 5.41) is 42.7. The van der Waals surface area contributed by atoms with Gasteiger partial charge in [-0.05, 0) is 0 Å². The third-order valence-electron chi connectivity index (χ3n) is 2.80. The van der Waals surface area contributed by atoms with Crippen LogP contribution in [0.3, 0.4) is 0 Å². The van der Waals surface area contributed by atoms with E-state index in [1.807, 2.05) is 0 Å². The maximum absolute atomic E-state index is 11.8. The van der Waals surface area contributed by atoms with Gasteiger partial charge in [0.2, 0.25) is 11.6 Å². The SMILES string of the molecule is O=c1cc(O)n(-c2c([N+](=O)[O-])cc([N+](=O)[O-])cc2[N+](=O)[O-])c(=O)[nH]1. The molecule has 1 aromatic carbocycles. The van der Waals surface area contributed by atoms with E-state index in [0.717, 1.165) is 0 Å². The monoisotopic (exact) mass is 339 g/mol. The summed E-state index contributed by atoms with van der Waals surface area (Å²) in [4.78, 5) is 54.1. The summed E-state index contributed by atoms with van der Waals surface area (Å²) in [6.07, 6.45) is 0. The van der Waals surface area contributed by atoms with Crippen molar-refractivity contribution in [3.05, 3.63) is 69.4 Å². The molecule has 2 rings (SSSR count). The van der Waals surface area contributed by atoms with Crippen LogP contribution < -0.4 is 11.2 Å². The predicted octanol–water partition coefficient (Wildman–Crippen LogP) is -0.0440. The first-order valence-corrected chi connectivity index (χ1v) is 5.80. The van der Waals surface area contributed by atoms with Crippen molar-refractivity contribution < 1.29 is 19.9 Å². The van der Waals surface area contributed by atoms with Crippen LogP contribution in [0.1, 0.15) is 0 Å². The predicted molar refractivity (Wildman–Crippen MR) is 74.3 cm³/mol. The summed E-state index contributed by atoms with van der Waals surface area (Å²) >= 11 is 0. The van der Waals surface area contributed by atoms with Crippen molar-refractivity contribution in [1.29, 1.82) is 0 Å². The van der Waals surface area contributed by atoms with Gasteiger partial charge in [0.25, 0.3) is 11.2 Å². The molecule has 0 aliphatic rings. The van der Waals surface area contributed by atoms with Gasteiger partial charge in [-0.25, -0.2) is 9.36 Å². The second-order valence-electron chi connectivity index (χ2n) is 4.24. The molecule has 0 radical (unpaired) electrons. The van der Waals surface area contributed by atoms with E-state index >= 15 is 0 Å². The Hall–Kier alpha value is -4.10. The highest BCUT2D eigenvalue weighted by Crippen LogP contribution is 2.37. The molecule has 1 aromatic heterocycles. The molecule has 24 heavy (non-hydrogen) atoms. The lowest BCUT2D eigenvalue weighted by Crippen LogP contribution is -2.29. The van der Waals surface area contributed by atoms with Gasteiger partial charge in [0, 0.05) is 0 Å². The Morgan fingerprint density at radius 3 is 1.79 bits per heavy atom. The van der Waals surface area contributed by atoms with Gasteiger partial charge in [-0.15, -0.1) is 0 Å². The smallest absolute Gasteiger partial charge is 0.336 e. The van der Waals surface area contributed by atoms with Gasteiger partial charge in [-0.3, -0.25) is 40.1 Å². The molecule has 0 aliphatic carbocycles. The van der Waals surface area contributed by atoms with Crippen LogP contribution in [0.5, 0.6) is 5.88 Å². The van der Waals surface area contributed by atoms with Crippen molar-refractivity contribution in [2.45, 2.75) is 0 Å². The lowest BCUT2D eigenvalue weighted by atomic mass is 10.2. The number of nitro groups is 3. The van der Waals surface area contributed by atoms with Gasteiger partial charge in [0.15, 0.2) is 0 Å². The van der Waals surface area contributed by atoms with Gasteiger partial charge in [0.05, 0.1) is 33.0 Å². The van der Waals surface area contributed by atoms with Gasteiger partial charge < -0.3 is 5.11 Å². The zero-order chi connectivity index (χ0) is 18.2. The van der Waals surface area contributed by atoms with E-state index in [1.54, 1.807) is 4.98 Å². The first-order chi connectivity index (χ1) is 11.1. The number of benzene rings is 1. The second-order valence-corrected chi connectivity index (χ2v) is 4.24. The Labute approximate surface area is 128 Å². The number of H-pyrrole nitrogens is 1. The Morgan fingerprint density at radius 1 is 0.917 bits per heavy atom. The summed E-state index contributed by atoms with van der Waals surface area (Å²) in [5.41, 5.74) is -6.81. The number of non-ortho nitro benzene ring substituents is 1. The number of nitrogens with one attached hydrogen (secondary N) is 1. The summed E-state index contributed by atoms with van der Waals surface area (Å²) in [5.74, 6) is -1.12. The van der Waals surface area contributed by atoms with E-state index in [9.17, 15) is 45.0 Å². The molecule has 124 valence electrons. The molecule has 0 spiro atoms. The largest absolute Gasteiger partial charge is 0.494 e. The third kappa shape index (κ3) is 2.65. The molecule has 0 unspecified atom stereocenters. The molecular formula is C10H5N5O9. The summed E-state index contributed by atoms with van der Waals surface area (Å²) in [6, 6.07) is 1.23. The Kier molecular flexibility index (Phi) is 3.79. The molecule has 1 heterocycles. The van der Waals surface area contributed by atoms with Crippen LogP contribution in [-0.4, -0.2) is 29.4 Å². The molecule has 0 fully saturated rings. The molecule has 0 saturated carbocycles. The highest BCUT2D eigenvalue weighted by Gasteiger charge is 2.33. The molecular weight excluding hydrogens is 334 g/mol. The van der Waals surface area contributed by atoms with E-state index < -0.39 is 54.6 Å². The van der Waals surface area contributed by atoms with Gasteiger partial charge >= 0.3 is 17.1 Å². The zero-order valence-electron chi connectivity index (χ0n) is 11.2. The highest BCUT2D eigenvalue weighted by molar-refractivity contribution is 5.70. The van der Waals surface area contributed by atoms with Gasteiger partial charge in [0.1, 0.15) is 0 Å². The number of aromatic amines is 1. The minimum Gasteiger partial charge on any atom is -0.494 e. The van der Waals surface area contributed by atoms with Crippen LogP contribution in [0, 0.1) is 30.3 Å². The number of hydrogen-bond donors (Lipinski definition) is 2. The fraction of sp³-hybridized carbons (Fsp3) is 0. The summed E-state index contributed by atoms with van der Waals surface area (Å²) in [6.45, 7) is 0. The first-order valence-electron chi connectivity index (χ1n) is 5.80. The molecule has 14 nitrogen and oxygen atoms in total. The molecule has 2 aromatic rings. The lowest BCUT2D eigenvalue weighted by Gasteiger charge is -2.08. The normalized spacial score (nSPS) is 10.3. The van der Waals surface area contributed by atoms with Crippen molar-refractivity contribution in [3.63, 3.8) is 0 Å². The number of aromatic nitrogens is 2. The van der Waals surface area contributed by atoms with Crippen molar-refractivity contribution in [2.24, 2.45) is 0 Å². The summed E-state index contributed by atoms with van der Waals surface area (Å²) < 4.78 is 0.0986. The van der Waals surface area contributed by atoms with E-state index in [4.69, 9.17) is 0 Å². The number of hydrogen-bond acceptors (Lipinski definition) is 9. The van der Waals surface area contributed by atoms with E-state index in [2.05, 4.69) is 0 Å². The number of aromatic hydroxyl groups is 1. The molecule has 0 atom stereocenters. The maximum Gasteiger partial charge on any atom is 0.336 e. The zero-order valence-corrected chi connectivity index (χ0v) is 11.2. The standard InChI is InChI=1S/C10H5N5O9/c16-7-3-8(17)12(10(18)11-7)9-5(14(21)22)1-4(13(19)20)2-6(9)15(23)24/h1-3,17H,(H,11,16,18). The van der Waals surface area contributed by atoms with Crippen molar-refractivity contribution in [2.75, 3.05) is 0 Å². The van der Waals surface area contributed by atoms with Crippen molar-refractivity contribution in [1.82, 2.24) is 9.55 Å². The van der Waals surface area contributed by atoms with Crippen LogP contribution >= 0.6 is 0 Å². The lowest BCUT2D eigenvalue weighted by molar-refractivity contribution is -0.402. The average molecular weight is 339 g/mol. The Morgan fingerprint density at radius 2 is 1.42 bits per heavy atom. The third-order valence-corrected chi connectivity index (χ3v) is 2.80. The average Bonchev–Trinajstić information content (AvgIpc) is 2.45. The minimum atomic E-state index is -1.40. The topological polar surface area (TPSA) is 205 Å². The molecule has 0 aliphatic heterocycles. The molecule has 0 saturated heterocycles. The van der Waals surface area contributed by atoms with Crippen LogP contribution in [0.25, 0.3) is 5.69 Å². The van der Waals surface area contributed by atoms with Crippen molar-refractivity contribution >= 4 is 17.1 Å². The fourth-order valence-electron chi connectivity index (χ4n) is 1.90. The highest BCUT2D eigenvalue weighted by atomic mass is 16.6. The molecule has 0 bridgehead atoms. The molecule has 14 heteroatoms. The Balaban J connectivity index is 3.05. The van der Waals surface area contributed by atoms with E-state index in [1.165, 1.54) is 0 Å². The van der Waals surface area contributed by atoms with Gasteiger partial charge in [-0.1, -0.05) is 0 Å². The maximum atomic E-state index is 11.8. The molecule has 2 N–H and O–H groups in total. The quantitative estimate of drug-likeness (QED) is 0.565.